The Bertz CT molecular complexity index is 285. The lowest BCUT2D eigenvalue weighted by Gasteiger charge is -2.24. The molecule has 0 bridgehead atoms. The van der Waals surface area contributed by atoms with Gasteiger partial charge in [-0.15, -0.1) is 11.6 Å². The smallest absolute Gasteiger partial charge is 0.0820 e. The molecular formula is C12H17ClOSi. The molecule has 0 aliphatic carbocycles. The van der Waals surface area contributed by atoms with Crippen LogP contribution in [0.2, 0.25) is 0 Å². The molecule has 1 heterocycles. The van der Waals surface area contributed by atoms with Gasteiger partial charge in [-0.05, 0) is 24.8 Å². The van der Waals surface area contributed by atoms with E-state index >= 15 is 0 Å². The number of hydrogen-bond donors (Lipinski definition) is 0. The van der Waals surface area contributed by atoms with E-state index in [-0.39, 0.29) is 14.5 Å². The Kier molecular flexibility index (Phi) is 4.24. The van der Waals surface area contributed by atoms with Crippen LogP contribution in [-0.4, -0.2) is 21.9 Å². The van der Waals surface area contributed by atoms with Crippen LogP contribution in [0.15, 0.2) is 30.3 Å². The average Bonchev–Trinajstić information content (AvgIpc) is 2.31. The van der Waals surface area contributed by atoms with Gasteiger partial charge >= 0.3 is 0 Å². The Morgan fingerprint density at radius 2 is 2.07 bits per heavy atom. The van der Waals surface area contributed by atoms with Gasteiger partial charge in [0.15, 0.2) is 0 Å². The first-order valence-electron chi connectivity index (χ1n) is 5.67. The lowest BCUT2D eigenvalue weighted by molar-refractivity contribution is 0.0648. The highest BCUT2D eigenvalue weighted by Crippen LogP contribution is 2.23. The van der Waals surface area contributed by atoms with Gasteiger partial charge in [0.25, 0.3) is 0 Å². The predicted octanol–water partition coefficient (Wildman–Crippen LogP) is 2.62. The van der Waals surface area contributed by atoms with E-state index < -0.39 is 0 Å². The lowest BCUT2D eigenvalue weighted by Crippen LogP contribution is -2.28. The van der Waals surface area contributed by atoms with Gasteiger partial charge in [0.1, 0.15) is 0 Å². The minimum Gasteiger partial charge on any atom is -0.382 e. The van der Waals surface area contributed by atoms with Crippen LogP contribution < -0.4 is 0 Å². The molecule has 0 N–H and O–H groups in total. The quantitative estimate of drug-likeness (QED) is 0.583. The van der Waals surface area contributed by atoms with Gasteiger partial charge in [-0.25, -0.2) is 0 Å². The zero-order chi connectivity index (χ0) is 10.5. The first kappa shape index (κ1) is 11.2. The molecular weight excluding hydrogens is 224 g/mol. The minimum atomic E-state index is -0.365. The van der Waals surface area contributed by atoms with Crippen LogP contribution in [0.3, 0.4) is 0 Å². The fourth-order valence-corrected chi connectivity index (χ4v) is 4.60. The van der Waals surface area contributed by atoms with E-state index in [0.29, 0.717) is 5.73 Å². The predicted molar refractivity (Wildman–Crippen MR) is 67.2 cm³/mol. The monoisotopic (exact) mass is 240 g/mol. The zero-order valence-corrected chi connectivity index (χ0v) is 11.0. The topological polar surface area (TPSA) is 9.23 Å². The molecule has 1 saturated heterocycles. The normalized spacial score (nSPS) is 24.5. The summed E-state index contributed by atoms with van der Waals surface area (Å²) in [4.78, 5) is 0. The van der Waals surface area contributed by atoms with E-state index in [4.69, 9.17) is 16.3 Å². The van der Waals surface area contributed by atoms with Crippen LogP contribution in [-0.2, 0) is 4.74 Å². The summed E-state index contributed by atoms with van der Waals surface area (Å²) in [6, 6.07) is 10.4. The van der Waals surface area contributed by atoms with Gasteiger partial charge in [-0.1, -0.05) is 30.3 Å². The lowest BCUT2D eigenvalue weighted by atomic mass is 10.2. The van der Waals surface area contributed by atoms with Crippen molar-refractivity contribution in [3.63, 3.8) is 0 Å². The van der Waals surface area contributed by atoms with Crippen molar-refractivity contribution in [1.29, 1.82) is 0 Å². The number of halogens is 1. The summed E-state index contributed by atoms with van der Waals surface area (Å²) < 4.78 is 5.75. The van der Waals surface area contributed by atoms with Gasteiger partial charge in [0.2, 0.25) is 0 Å². The molecule has 82 valence electrons. The molecule has 1 nitrogen and oxygen atoms in total. The van der Waals surface area contributed by atoms with Crippen LogP contribution in [0, 0.1) is 0 Å². The molecule has 1 aromatic carbocycles. The highest BCUT2D eigenvalue weighted by Gasteiger charge is 2.19. The van der Waals surface area contributed by atoms with Crippen LogP contribution >= 0.6 is 11.6 Å². The van der Waals surface area contributed by atoms with Crippen molar-refractivity contribution in [1.82, 2.24) is 0 Å². The Labute approximate surface area is 98.6 Å². The molecule has 3 heteroatoms. The van der Waals surface area contributed by atoms with Crippen molar-refractivity contribution in [2.24, 2.45) is 0 Å². The number of benzene rings is 1. The third-order valence-electron chi connectivity index (χ3n) is 2.91. The number of ether oxygens (including phenoxy) is 1. The highest BCUT2D eigenvalue weighted by molar-refractivity contribution is 6.53. The molecule has 0 radical (unpaired) electrons. The summed E-state index contributed by atoms with van der Waals surface area (Å²) in [5, 5.41) is 0.231. The highest BCUT2D eigenvalue weighted by atomic mass is 35.5. The van der Waals surface area contributed by atoms with Crippen molar-refractivity contribution < 1.29 is 4.74 Å². The van der Waals surface area contributed by atoms with Gasteiger partial charge in [-0.3, -0.25) is 0 Å². The Morgan fingerprint density at radius 1 is 1.27 bits per heavy atom. The molecule has 1 fully saturated rings. The molecule has 0 saturated carbocycles. The molecule has 1 aliphatic rings. The van der Waals surface area contributed by atoms with Crippen molar-refractivity contribution >= 4 is 21.1 Å². The maximum Gasteiger partial charge on any atom is 0.0820 e. The Morgan fingerprint density at radius 3 is 2.73 bits per heavy atom. The van der Waals surface area contributed by atoms with Crippen LogP contribution in [0.4, 0.5) is 0 Å². The summed E-state index contributed by atoms with van der Waals surface area (Å²) in [6.45, 7) is 0.941. The molecule has 0 spiro atoms. The largest absolute Gasteiger partial charge is 0.382 e. The second-order valence-electron chi connectivity index (χ2n) is 4.10. The maximum absolute atomic E-state index is 6.42. The molecule has 2 rings (SSSR count). The fourth-order valence-electron chi connectivity index (χ4n) is 2.02. The summed E-state index contributed by atoms with van der Waals surface area (Å²) >= 11 is 6.42. The third kappa shape index (κ3) is 3.33. The van der Waals surface area contributed by atoms with Crippen LogP contribution in [0.1, 0.15) is 29.8 Å². The summed E-state index contributed by atoms with van der Waals surface area (Å²) in [5.41, 5.74) is 1.77. The average molecular weight is 241 g/mol. The zero-order valence-electron chi connectivity index (χ0n) is 8.86. The van der Waals surface area contributed by atoms with Gasteiger partial charge in [0, 0.05) is 17.3 Å². The second-order valence-corrected chi connectivity index (χ2v) is 7.35. The minimum absolute atomic E-state index is 0.231. The Hall–Kier alpha value is -0.313. The van der Waals surface area contributed by atoms with Gasteiger partial charge in [-0.2, -0.15) is 0 Å². The molecule has 1 aromatic rings. The first-order valence-corrected chi connectivity index (χ1v) is 7.74. The SMILES string of the molecule is ClC([SiH2]C1CCCCO1)c1ccccc1. The van der Waals surface area contributed by atoms with E-state index in [1.54, 1.807) is 0 Å². The van der Waals surface area contributed by atoms with E-state index in [1.807, 2.05) is 6.07 Å². The van der Waals surface area contributed by atoms with Crippen molar-refractivity contribution in [3.8, 4) is 0 Å². The first-order chi connectivity index (χ1) is 7.36. The van der Waals surface area contributed by atoms with E-state index in [9.17, 15) is 0 Å². The van der Waals surface area contributed by atoms with Crippen molar-refractivity contribution in [3.05, 3.63) is 35.9 Å². The van der Waals surface area contributed by atoms with Crippen molar-refractivity contribution in [2.75, 3.05) is 6.61 Å². The van der Waals surface area contributed by atoms with E-state index in [1.165, 1.54) is 24.8 Å². The Balaban J connectivity index is 1.88. The van der Waals surface area contributed by atoms with Crippen LogP contribution in [0.25, 0.3) is 0 Å². The van der Waals surface area contributed by atoms with Crippen LogP contribution in [0.5, 0.6) is 0 Å². The van der Waals surface area contributed by atoms with E-state index in [2.05, 4.69) is 24.3 Å². The molecule has 2 unspecified atom stereocenters. The standard InChI is InChI=1S/C12H17ClOSi/c13-12(10-6-2-1-3-7-10)15-11-8-4-5-9-14-11/h1-3,6-7,11-12H,4-5,8-9,15H2. The molecule has 15 heavy (non-hydrogen) atoms. The third-order valence-corrected chi connectivity index (χ3v) is 5.75. The summed E-state index contributed by atoms with van der Waals surface area (Å²) in [6.07, 6.45) is 3.77. The number of hydrogen-bond acceptors (Lipinski definition) is 1. The number of alkyl halides is 1. The van der Waals surface area contributed by atoms with Gasteiger partial charge < -0.3 is 4.74 Å². The summed E-state index contributed by atoms with van der Waals surface area (Å²) in [5.74, 6) is 0. The van der Waals surface area contributed by atoms with Crippen molar-refractivity contribution in [2.45, 2.75) is 30.0 Å². The molecule has 0 amide bonds. The maximum atomic E-state index is 6.42. The summed E-state index contributed by atoms with van der Waals surface area (Å²) in [7, 11) is -0.365. The van der Waals surface area contributed by atoms with Gasteiger partial charge in [0.05, 0.1) is 9.52 Å². The van der Waals surface area contributed by atoms with E-state index in [0.717, 1.165) is 6.61 Å². The molecule has 1 aliphatic heterocycles. The molecule has 0 aromatic heterocycles. The molecule has 2 atom stereocenters. The number of rotatable bonds is 3. The second kappa shape index (κ2) is 5.68. The fraction of sp³-hybridized carbons (Fsp3) is 0.500.